The van der Waals surface area contributed by atoms with Crippen LogP contribution in [0, 0.1) is 3.57 Å². The number of hydrogen-bond acceptors (Lipinski definition) is 3. The Bertz CT molecular complexity index is 825. The number of nitrogens with zero attached hydrogens (tertiary/aromatic N) is 1. The Hall–Kier alpha value is -2.42. The Morgan fingerprint density at radius 3 is 2.50 bits per heavy atom. The molecule has 3 rings (SSSR count). The van der Waals surface area contributed by atoms with E-state index in [1.165, 1.54) is 0 Å². The van der Waals surface area contributed by atoms with E-state index in [4.69, 9.17) is 0 Å². The molecule has 122 valence electrons. The van der Waals surface area contributed by atoms with E-state index in [0.29, 0.717) is 11.1 Å². The quantitative estimate of drug-likeness (QED) is 0.575. The lowest BCUT2D eigenvalue weighted by Gasteiger charge is -2.22. The van der Waals surface area contributed by atoms with E-state index in [-0.39, 0.29) is 0 Å². The third kappa shape index (κ3) is 2.86. The van der Waals surface area contributed by atoms with Crippen molar-refractivity contribution in [2.24, 2.45) is 0 Å². The highest BCUT2D eigenvalue weighted by Crippen LogP contribution is 2.27. The van der Waals surface area contributed by atoms with Crippen LogP contribution in [0.1, 0.15) is 22.8 Å². The van der Waals surface area contributed by atoms with Gasteiger partial charge < -0.3 is 5.32 Å². The maximum atomic E-state index is 12.7. The molecule has 0 aliphatic carbocycles. The first-order valence-corrected chi connectivity index (χ1v) is 8.28. The molecular weight excluding hydrogens is 421 g/mol. The van der Waals surface area contributed by atoms with Gasteiger partial charge in [0.1, 0.15) is 5.54 Å². The normalized spacial score (nSPS) is 20.0. The van der Waals surface area contributed by atoms with E-state index in [9.17, 15) is 14.4 Å². The summed E-state index contributed by atoms with van der Waals surface area (Å²) in [5, 5.41) is 3.37. The van der Waals surface area contributed by atoms with Crippen molar-refractivity contribution in [3.05, 3.63) is 69.3 Å². The van der Waals surface area contributed by atoms with E-state index in [2.05, 4.69) is 33.3 Å². The van der Waals surface area contributed by atoms with E-state index < -0.39 is 23.4 Å². The largest absolute Gasteiger partial charge is 0.344 e. The van der Waals surface area contributed by atoms with Crippen molar-refractivity contribution in [1.82, 2.24) is 15.8 Å². The summed E-state index contributed by atoms with van der Waals surface area (Å²) < 4.78 is 0.881. The highest BCUT2D eigenvalue weighted by atomic mass is 127. The molecule has 1 aliphatic rings. The second-order valence-corrected chi connectivity index (χ2v) is 6.76. The topological polar surface area (TPSA) is 78.5 Å². The van der Waals surface area contributed by atoms with Crippen LogP contribution in [0.3, 0.4) is 0 Å². The minimum Gasteiger partial charge on any atom is -0.318 e. The number of nitrogens with one attached hydrogen (secondary N) is 2. The number of rotatable bonds is 3. The van der Waals surface area contributed by atoms with Crippen molar-refractivity contribution >= 4 is 40.4 Å². The Balaban J connectivity index is 1.84. The summed E-state index contributed by atoms with van der Waals surface area (Å²) in [5.74, 6) is -1.05. The summed E-state index contributed by atoms with van der Waals surface area (Å²) in [6, 6.07) is 15.1. The van der Waals surface area contributed by atoms with Crippen LogP contribution in [0.15, 0.2) is 54.6 Å². The van der Waals surface area contributed by atoms with E-state index in [0.717, 1.165) is 8.58 Å². The lowest BCUT2D eigenvalue weighted by Crippen LogP contribution is -2.47. The molecule has 4 amide bonds. The van der Waals surface area contributed by atoms with Crippen molar-refractivity contribution in [3.8, 4) is 0 Å². The van der Waals surface area contributed by atoms with Gasteiger partial charge in [-0.3, -0.25) is 15.0 Å². The van der Waals surface area contributed by atoms with Gasteiger partial charge in [-0.15, -0.1) is 0 Å². The number of hydrazine groups is 1. The second-order valence-electron chi connectivity index (χ2n) is 5.51. The Labute approximate surface area is 152 Å². The summed E-state index contributed by atoms with van der Waals surface area (Å²) in [7, 11) is 0. The molecule has 24 heavy (non-hydrogen) atoms. The van der Waals surface area contributed by atoms with Crippen molar-refractivity contribution < 1.29 is 14.4 Å². The van der Waals surface area contributed by atoms with Gasteiger partial charge in [0, 0.05) is 9.13 Å². The molecule has 0 aromatic heterocycles. The maximum absolute atomic E-state index is 12.7. The van der Waals surface area contributed by atoms with Crippen LogP contribution in [0.5, 0.6) is 0 Å². The Morgan fingerprint density at radius 2 is 1.83 bits per heavy atom. The monoisotopic (exact) mass is 435 g/mol. The molecule has 2 N–H and O–H groups in total. The molecule has 0 bridgehead atoms. The lowest BCUT2D eigenvalue weighted by molar-refractivity contribution is -0.132. The molecule has 1 atom stereocenters. The molecule has 6 nitrogen and oxygen atoms in total. The third-order valence-corrected chi connectivity index (χ3v) is 4.51. The van der Waals surface area contributed by atoms with E-state index >= 15 is 0 Å². The molecule has 0 saturated carbocycles. The Kier molecular flexibility index (Phi) is 4.27. The summed E-state index contributed by atoms with van der Waals surface area (Å²) in [4.78, 5) is 37.2. The molecule has 2 aromatic carbocycles. The second kappa shape index (κ2) is 6.23. The number of carbonyl (C=O) groups is 3. The van der Waals surface area contributed by atoms with Crippen molar-refractivity contribution in [3.63, 3.8) is 0 Å². The molecule has 2 aromatic rings. The highest BCUT2D eigenvalue weighted by molar-refractivity contribution is 14.1. The van der Waals surface area contributed by atoms with E-state index in [1.54, 1.807) is 49.4 Å². The first-order chi connectivity index (χ1) is 11.4. The minimum atomic E-state index is -1.21. The third-order valence-electron chi connectivity index (χ3n) is 3.84. The molecule has 1 fully saturated rings. The zero-order chi connectivity index (χ0) is 17.3. The fourth-order valence-electron chi connectivity index (χ4n) is 2.50. The molecule has 7 heteroatoms. The zero-order valence-electron chi connectivity index (χ0n) is 12.7. The number of imide groups is 1. The van der Waals surface area contributed by atoms with Gasteiger partial charge in [-0.25, -0.2) is 4.79 Å². The summed E-state index contributed by atoms with van der Waals surface area (Å²) in [5.41, 5.74) is 2.18. The van der Waals surface area contributed by atoms with Crippen molar-refractivity contribution in [2.75, 3.05) is 0 Å². The maximum Gasteiger partial charge on any atom is 0.344 e. The van der Waals surface area contributed by atoms with Gasteiger partial charge in [0.15, 0.2) is 0 Å². The molecular formula is C17H14IN3O3. The lowest BCUT2D eigenvalue weighted by atomic mass is 9.92. The molecule has 1 saturated heterocycles. The number of benzene rings is 2. The van der Waals surface area contributed by atoms with Crippen LogP contribution in [0.25, 0.3) is 0 Å². The predicted molar refractivity (Wildman–Crippen MR) is 95.8 cm³/mol. The Morgan fingerprint density at radius 1 is 1.12 bits per heavy atom. The van der Waals surface area contributed by atoms with Gasteiger partial charge in [0.2, 0.25) is 0 Å². The van der Waals surface area contributed by atoms with Gasteiger partial charge in [0.05, 0.1) is 0 Å². The molecule has 0 spiro atoms. The summed E-state index contributed by atoms with van der Waals surface area (Å²) >= 11 is 2.08. The predicted octanol–water partition coefficient (Wildman–Crippen LogP) is 2.40. The first-order valence-electron chi connectivity index (χ1n) is 7.20. The van der Waals surface area contributed by atoms with Gasteiger partial charge in [0.25, 0.3) is 11.8 Å². The van der Waals surface area contributed by atoms with Gasteiger partial charge in [-0.2, -0.15) is 5.01 Å². The number of hydrogen-bond donors (Lipinski definition) is 2. The first kappa shape index (κ1) is 16.4. The fourth-order valence-corrected chi connectivity index (χ4v) is 3.05. The number of urea groups is 1. The molecule has 1 aliphatic heterocycles. The molecule has 1 unspecified atom stereocenters. The van der Waals surface area contributed by atoms with Crippen LogP contribution >= 0.6 is 22.6 Å². The molecule has 0 radical (unpaired) electrons. The number of halogens is 1. The smallest absolute Gasteiger partial charge is 0.318 e. The average Bonchev–Trinajstić information content (AvgIpc) is 2.80. The zero-order valence-corrected chi connectivity index (χ0v) is 14.9. The highest BCUT2D eigenvalue weighted by Gasteiger charge is 2.50. The van der Waals surface area contributed by atoms with Gasteiger partial charge >= 0.3 is 6.03 Å². The van der Waals surface area contributed by atoms with Crippen LogP contribution in [-0.4, -0.2) is 22.9 Å². The fraction of sp³-hybridized carbons (Fsp3) is 0.118. The van der Waals surface area contributed by atoms with Gasteiger partial charge in [-0.1, -0.05) is 36.4 Å². The minimum absolute atomic E-state index is 0.371. The summed E-state index contributed by atoms with van der Waals surface area (Å²) in [6.45, 7) is 1.61. The van der Waals surface area contributed by atoms with Crippen molar-refractivity contribution in [1.29, 1.82) is 0 Å². The van der Waals surface area contributed by atoms with Crippen LogP contribution < -0.4 is 10.7 Å². The van der Waals surface area contributed by atoms with Crippen molar-refractivity contribution in [2.45, 2.75) is 12.5 Å². The number of carbonyl (C=O) groups excluding carboxylic acids is 3. The average molecular weight is 435 g/mol. The number of amides is 4. The standard InChI is InChI=1S/C17H14IN3O3/c1-17(12-7-3-2-4-8-12)15(23)21(16(24)19-17)20-14(22)11-6-5-9-13(18)10-11/h2-10H,1H3,(H,19,24)(H,20,22). The summed E-state index contributed by atoms with van der Waals surface area (Å²) in [6.07, 6.45) is 0. The van der Waals surface area contributed by atoms with Gasteiger partial charge in [-0.05, 0) is 53.3 Å². The van der Waals surface area contributed by atoms with E-state index in [1.807, 2.05) is 12.1 Å². The van der Waals surface area contributed by atoms with Crippen LogP contribution in [0.2, 0.25) is 0 Å². The molecule has 1 heterocycles. The van der Waals surface area contributed by atoms with Crippen LogP contribution in [0.4, 0.5) is 4.79 Å². The van der Waals surface area contributed by atoms with Crippen LogP contribution in [-0.2, 0) is 10.3 Å². The SMILES string of the molecule is CC1(c2ccccc2)NC(=O)N(NC(=O)c2cccc(I)c2)C1=O.